The summed E-state index contributed by atoms with van der Waals surface area (Å²) in [5, 5.41) is 4.66. The minimum Gasteiger partial charge on any atom is -0.346 e. The number of rotatable bonds is 4. The number of amides is 1. The highest BCUT2D eigenvalue weighted by molar-refractivity contribution is 6.17. The Balaban J connectivity index is 1.67. The van der Waals surface area contributed by atoms with E-state index in [1.165, 1.54) is 6.42 Å². The van der Waals surface area contributed by atoms with Crippen LogP contribution in [0.25, 0.3) is 21.8 Å². The molecule has 0 atom stereocenters. The summed E-state index contributed by atoms with van der Waals surface area (Å²) >= 11 is 0. The van der Waals surface area contributed by atoms with Crippen molar-refractivity contribution in [1.82, 2.24) is 19.4 Å². The molecule has 31 heavy (non-hydrogen) atoms. The number of benzene rings is 1. The molecule has 6 heteroatoms. The second-order valence-electron chi connectivity index (χ2n) is 8.35. The zero-order chi connectivity index (χ0) is 21.4. The number of carbonyl (C=O) groups is 1. The SMILES string of the molecule is Cn1c2ccccc2c2c(C(=O)NCc3ccccn3)cn(C3CCCCC3)c(=O)c21. The van der Waals surface area contributed by atoms with Gasteiger partial charge in [-0.25, -0.2) is 0 Å². The topological polar surface area (TPSA) is 68.9 Å². The summed E-state index contributed by atoms with van der Waals surface area (Å²) in [5.74, 6) is -0.184. The molecule has 158 valence electrons. The zero-order valence-corrected chi connectivity index (χ0v) is 17.7. The van der Waals surface area contributed by atoms with Gasteiger partial charge in [0.2, 0.25) is 0 Å². The van der Waals surface area contributed by atoms with Gasteiger partial charge in [0.05, 0.1) is 17.8 Å². The Kier molecular flexibility index (Phi) is 5.06. The fourth-order valence-corrected chi connectivity index (χ4v) is 4.87. The van der Waals surface area contributed by atoms with Crippen molar-refractivity contribution in [3.8, 4) is 0 Å². The Morgan fingerprint density at radius 1 is 1.10 bits per heavy atom. The fraction of sp³-hybridized carbons (Fsp3) is 0.320. The maximum absolute atomic E-state index is 13.6. The monoisotopic (exact) mass is 414 g/mol. The smallest absolute Gasteiger partial charge is 0.275 e. The summed E-state index contributed by atoms with van der Waals surface area (Å²) in [4.78, 5) is 31.2. The van der Waals surface area contributed by atoms with Crippen molar-refractivity contribution in [2.45, 2.75) is 44.7 Å². The number of nitrogens with zero attached hydrogens (tertiary/aromatic N) is 3. The van der Waals surface area contributed by atoms with Crippen molar-refractivity contribution >= 4 is 27.7 Å². The molecule has 3 aromatic heterocycles. The lowest BCUT2D eigenvalue weighted by molar-refractivity contribution is 0.0951. The van der Waals surface area contributed by atoms with E-state index in [0.717, 1.165) is 47.7 Å². The number of nitrogens with one attached hydrogen (secondary N) is 1. The van der Waals surface area contributed by atoms with E-state index in [2.05, 4.69) is 10.3 Å². The minimum atomic E-state index is -0.184. The maximum atomic E-state index is 13.6. The van der Waals surface area contributed by atoms with Crippen LogP contribution < -0.4 is 10.9 Å². The first-order valence-electron chi connectivity index (χ1n) is 11.0. The molecule has 1 aliphatic rings. The molecule has 1 aliphatic carbocycles. The second-order valence-corrected chi connectivity index (χ2v) is 8.35. The number of hydrogen-bond acceptors (Lipinski definition) is 3. The van der Waals surface area contributed by atoms with Crippen molar-refractivity contribution in [1.29, 1.82) is 0 Å². The summed E-state index contributed by atoms with van der Waals surface area (Å²) in [6.07, 6.45) is 8.90. The standard InChI is InChI=1S/C25H26N4O2/c1-28-21-13-6-5-12-19(21)22-20(24(30)27-15-17-9-7-8-14-26-17)16-29(25(31)23(22)28)18-10-3-2-4-11-18/h5-9,12-14,16,18H,2-4,10-11,15H2,1H3,(H,27,30). The average Bonchev–Trinajstić information content (AvgIpc) is 3.12. The quantitative estimate of drug-likeness (QED) is 0.541. The lowest BCUT2D eigenvalue weighted by atomic mass is 9.95. The summed E-state index contributed by atoms with van der Waals surface area (Å²) in [6.45, 7) is 0.342. The molecule has 1 fully saturated rings. The van der Waals surface area contributed by atoms with Crippen LogP contribution in [0.2, 0.25) is 0 Å². The number of hydrogen-bond donors (Lipinski definition) is 1. The van der Waals surface area contributed by atoms with E-state index >= 15 is 0 Å². The molecule has 6 nitrogen and oxygen atoms in total. The van der Waals surface area contributed by atoms with Gasteiger partial charge in [-0.2, -0.15) is 0 Å². The molecule has 0 spiro atoms. The highest BCUT2D eigenvalue weighted by Crippen LogP contribution is 2.32. The van der Waals surface area contributed by atoms with Gasteiger partial charge in [-0.3, -0.25) is 14.6 Å². The third kappa shape index (κ3) is 3.42. The van der Waals surface area contributed by atoms with Crippen molar-refractivity contribution in [3.63, 3.8) is 0 Å². The van der Waals surface area contributed by atoms with E-state index in [1.54, 1.807) is 12.4 Å². The van der Waals surface area contributed by atoms with Crippen molar-refractivity contribution in [2.75, 3.05) is 0 Å². The van der Waals surface area contributed by atoms with E-state index in [1.807, 2.05) is 58.6 Å². The molecule has 0 aliphatic heterocycles. The molecule has 0 radical (unpaired) electrons. The Bertz CT molecular complexity index is 1310. The summed E-state index contributed by atoms with van der Waals surface area (Å²) in [7, 11) is 1.91. The van der Waals surface area contributed by atoms with Crippen LogP contribution in [0.15, 0.2) is 59.7 Å². The van der Waals surface area contributed by atoms with Gasteiger partial charge in [0.25, 0.3) is 11.5 Å². The van der Waals surface area contributed by atoms with E-state index in [4.69, 9.17) is 0 Å². The second kappa shape index (κ2) is 8.02. The van der Waals surface area contributed by atoms with Gasteiger partial charge in [0, 0.05) is 41.8 Å². The van der Waals surface area contributed by atoms with Gasteiger partial charge in [-0.1, -0.05) is 43.5 Å². The minimum absolute atomic E-state index is 0.0122. The van der Waals surface area contributed by atoms with E-state index in [-0.39, 0.29) is 17.5 Å². The Morgan fingerprint density at radius 2 is 1.87 bits per heavy atom. The summed E-state index contributed by atoms with van der Waals surface area (Å²) in [6, 6.07) is 13.7. The third-order valence-electron chi connectivity index (χ3n) is 6.45. The number of carbonyl (C=O) groups excluding carboxylic acids is 1. The molecule has 3 heterocycles. The summed E-state index contributed by atoms with van der Waals surface area (Å²) < 4.78 is 3.75. The molecular formula is C25H26N4O2. The van der Waals surface area contributed by atoms with Crippen molar-refractivity contribution in [2.24, 2.45) is 7.05 Å². The van der Waals surface area contributed by atoms with Crippen molar-refractivity contribution in [3.05, 3.63) is 76.5 Å². The molecule has 5 rings (SSSR count). The van der Waals surface area contributed by atoms with Crippen LogP contribution >= 0.6 is 0 Å². The highest BCUT2D eigenvalue weighted by Gasteiger charge is 2.24. The first-order valence-corrected chi connectivity index (χ1v) is 11.0. The number of para-hydroxylation sites is 1. The normalized spacial score (nSPS) is 14.9. The number of pyridine rings is 2. The molecular weight excluding hydrogens is 388 g/mol. The molecule has 1 N–H and O–H groups in total. The molecule has 1 saturated carbocycles. The lowest BCUT2D eigenvalue weighted by Crippen LogP contribution is -2.30. The van der Waals surface area contributed by atoms with Crippen LogP contribution in [0.1, 0.15) is 54.2 Å². The van der Waals surface area contributed by atoms with Crippen LogP contribution in [-0.4, -0.2) is 20.0 Å². The Hall–Kier alpha value is -3.41. The summed E-state index contributed by atoms with van der Waals surface area (Å²) in [5.41, 5.74) is 2.88. The van der Waals surface area contributed by atoms with Gasteiger partial charge in [0.1, 0.15) is 5.52 Å². The predicted octanol–water partition coefficient (Wildman–Crippen LogP) is 4.32. The van der Waals surface area contributed by atoms with Crippen LogP contribution in [0.4, 0.5) is 0 Å². The van der Waals surface area contributed by atoms with Crippen LogP contribution in [0.3, 0.4) is 0 Å². The van der Waals surface area contributed by atoms with Crippen LogP contribution in [0, 0.1) is 0 Å². The average molecular weight is 415 g/mol. The molecule has 1 aromatic carbocycles. The Labute approximate surface area is 180 Å². The van der Waals surface area contributed by atoms with Crippen LogP contribution in [-0.2, 0) is 13.6 Å². The molecule has 0 saturated heterocycles. The van der Waals surface area contributed by atoms with Gasteiger partial charge < -0.3 is 14.5 Å². The van der Waals surface area contributed by atoms with Gasteiger partial charge >= 0.3 is 0 Å². The first-order chi connectivity index (χ1) is 15.1. The van der Waals surface area contributed by atoms with Gasteiger partial charge in [-0.15, -0.1) is 0 Å². The number of fused-ring (bicyclic) bond motifs is 3. The molecule has 4 aromatic rings. The van der Waals surface area contributed by atoms with Gasteiger partial charge in [-0.05, 0) is 31.0 Å². The molecule has 0 unspecified atom stereocenters. The van der Waals surface area contributed by atoms with Crippen molar-refractivity contribution < 1.29 is 4.79 Å². The highest BCUT2D eigenvalue weighted by atomic mass is 16.2. The van der Waals surface area contributed by atoms with Gasteiger partial charge in [0.15, 0.2) is 0 Å². The number of aryl methyl sites for hydroxylation is 1. The largest absolute Gasteiger partial charge is 0.346 e. The first kappa shape index (κ1) is 19.5. The van der Waals surface area contributed by atoms with Crippen LogP contribution in [0.5, 0.6) is 0 Å². The van der Waals surface area contributed by atoms with E-state index < -0.39 is 0 Å². The third-order valence-corrected chi connectivity index (χ3v) is 6.45. The maximum Gasteiger partial charge on any atom is 0.275 e. The van der Waals surface area contributed by atoms with E-state index in [9.17, 15) is 9.59 Å². The lowest BCUT2D eigenvalue weighted by Gasteiger charge is -2.25. The Morgan fingerprint density at radius 3 is 2.65 bits per heavy atom. The predicted molar refractivity (Wildman–Crippen MR) is 122 cm³/mol. The molecule has 1 amide bonds. The molecule has 0 bridgehead atoms. The zero-order valence-electron chi connectivity index (χ0n) is 17.7. The fourth-order valence-electron chi connectivity index (χ4n) is 4.87. The number of aromatic nitrogens is 3. The van der Waals surface area contributed by atoms with E-state index in [0.29, 0.717) is 17.6 Å².